The number of esters is 2. The Balaban J connectivity index is 2.50. The predicted octanol–water partition coefficient (Wildman–Crippen LogP) is 7.83. The van der Waals surface area contributed by atoms with Crippen LogP contribution >= 0.6 is 7.82 Å². The molecule has 332 valence electrons. The maximum atomic E-state index is 12.8. The van der Waals surface area contributed by atoms with Crippen LogP contribution in [0.25, 0.3) is 0 Å². The monoisotopic (exact) mass is 833 g/mol. The Hall–Kier alpha value is -1.93. The van der Waals surface area contributed by atoms with E-state index in [-0.39, 0.29) is 12.8 Å². The molecule has 0 aliphatic heterocycles. The van der Waals surface area contributed by atoms with Crippen molar-refractivity contribution in [2.45, 2.75) is 211 Å². The van der Waals surface area contributed by atoms with E-state index in [1.165, 1.54) is 57.8 Å². The fraction of sp³-hybridized carbons (Fsp3) is 0.814. The second-order valence-electron chi connectivity index (χ2n) is 15.2. The van der Waals surface area contributed by atoms with E-state index in [0.29, 0.717) is 12.8 Å². The summed E-state index contributed by atoms with van der Waals surface area (Å²) >= 11 is 0. The number of rotatable bonds is 35. The summed E-state index contributed by atoms with van der Waals surface area (Å²) in [6.07, 6.45) is 23.5. The highest BCUT2D eigenvalue weighted by molar-refractivity contribution is 7.47. The molecule has 14 heteroatoms. The van der Waals surface area contributed by atoms with Crippen molar-refractivity contribution in [2.75, 3.05) is 13.2 Å². The number of carbonyl (C=O) groups excluding carboxylic acids is 2. The lowest BCUT2D eigenvalue weighted by Crippen LogP contribution is -2.64. The first kappa shape index (κ1) is 53.1. The van der Waals surface area contributed by atoms with Gasteiger partial charge in [0, 0.05) is 12.8 Å². The zero-order valence-electron chi connectivity index (χ0n) is 34.9. The summed E-state index contributed by atoms with van der Waals surface area (Å²) in [6.45, 7) is 3.16. The number of carbonyl (C=O) groups is 2. The number of phosphoric acid groups is 1. The molecule has 0 aromatic carbocycles. The number of phosphoric ester groups is 1. The topological polar surface area (TPSA) is 210 Å². The Kier molecular flexibility index (Phi) is 31.5. The third kappa shape index (κ3) is 26.7. The van der Waals surface area contributed by atoms with Crippen LogP contribution in [0.4, 0.5) is 0 Å². The Morgan fingerprint density at radius 2 is 1.00 bits per heavy atom. The van der Waals surface area contributed by atoms with E-state index in [2.05, 4.69) is 50.3 Å². The highest BCUT2D eigenvalue weighted by atomic mass is 31.2. The Morgan fingerprint density at radius 1 is 0.561 bits per heavy atom. The number of hydrogen-bond acceptors (Lipinski definition) is 12. The summed E-state index contributed by atoms with van der Waals surface area (Å²) in [5, 5.41) is 50.0. The van der Waals surface area contributed by atoms with Gasteiger partial charge in [-0.2, -0.15) is 0 Å². The van der Waals surface area contributed by atoms with Gasteiger partial charge in [-0.05, 0) is 44.9 Å². The van der Waals surface area contributed by atoms with Gasteiger partial charge in [-0.15, -0.1) is 0 Å². The average molecular weight is 833 g/mol. The Labute approximate surface area is 342 Å². The van der Waals surface area contributed by atoms with Gasteiger partial charge in [-0.1, -0.05) is 147 Å². The molecule has 1 fully saturated rings. The van der Waals surface area contributed by atoms with E-state index >= 15 is 0 Å². The number of aliphatic hydroxyl groups excluding tert-OH is 5. The molecule has 0 amide bonds. The van der Waals surface area contributed by atoms with E-state index in [4.69, 9.17) is 18.5 Å². The van der Waals surface area contributed by atoms with Gasteiger partial charge in [0.05, 0.1) is 6.61 Å². The average Bonchev–Trinajstić information content (AvgIpc) is 3.19. The molecule has 57 heavy (non-hydrogen) atoms. The normalized spacial score (nSPS) is 23.0. The first-order chi connectivity index (χ1) is 27.4. The molecule has 0 saturated heterocycles. The molecule has 0 aromatic rings. The zero-order chi connectivity index (χ0) is 42.2. The van der Waals surface area contributed by atoms with Crippen LogP contribution in [0, 0.1) is 0 Å². The van der Waals surface area contributed by atoms with E-state index in [1.54, 1.807) is 0 Å². The van der Waals surface area contributed by atoms with Crippen molar-refractivity contribution in [1.29, 1.82) is 0 Å². The lowest BCUT2D eigenvalue weighted by Gasteiger charge is -2.41. The highest BCUT2D eigenvalue weighted by Gasteiger charge is 2.51. The van der Waals surface area contributed by atoms with Crippen molar-refractivity contribution in [1.82, 2.24) is 0 Å². The molecule has 0 aromatic heterocycles. The summed E-state index contributed by atoms with van der Waals surface area (Å²) in [7, 11) is -5.12. The lowest BCUT2D eigenvalue weighted by molar-refractivity contribution is -0.220. The van der Waals surface area contributed by atoms with Crippen LogP contribution in [0.1, 0.15) is 168 Å². The smallest absolute Gasteiger partial charge is 0.462 e. The standard InChI is InChI=1S/C43H77O13P/c1-3-5-7-9-11-13-15-17-18-20-22-24-26-28-30-32-37(45)55-35(34-54-57(51,52)56-43-41(49)39(47)38(46)40(48)42(43)50)33-53-36(44)31-29-27-25-23-21-19-16-14-12-10-8-6-4-2/h5,7,11,13,17-18,35,38-43,46-50H,3-4,6,8-10,12,14-16,19-34H2,1-2H3,(H,51,52)/b7-5-,13-11-,18-17-. The minimum absolute atomic E-state index is 0.0783. The zero-order valence-corrected chi connectivity index (χ0v) is 35.8. The van der Waals surface area contributed by atoms with Gasteiger partial charge >= 0.3 is 19.8 Å². The first-order valence-corrected chi connectivity index (χ1v) is 23.3. The molecule has 13 nitrogen and oxygen atoms in total. The van der Waals surface area contributed by atoms with Crippen LogP contribution in [0.5, 0.6) is 0 Å². The number of hydrogen-bond donors (Lipinski definition) is 6. The lowest BCUT2D eigenvalue weighted by atomic mass is 9.85. The largest absolute Gasteiger partial charge is 0.472 e. The summed E-state index contributed by atoms with van der Waals surface area (Å²) in [6, 6.07) is 0. The van der Waals surface area contributed by atoms with Crippen molar-refractivity contribution < 1.29 is 63.1 Å². The first-order valence-electron chi connectivity index (χ1n) is 21.8. The molecule has 1 aliphatic rings. The fourth-order valence-corrected chi connectivity index (χ4v) is 7.45. The van der Waals surface area contributed by atoms with Crippen molar-refractivity contribution in [3.05, 3.63) is 36.5 Å². The minimum Gasteiger partial charge on any atom is -0.462 e. The summed E-state index contributed by atoms with van der Waals surface area (Å²) in [5.74, 6) is -1.12. The van der Waals surface area contributed by atoms with Gasteiger partial charge in [0.1, 0.15) is 43.2 Å². The van der Waals surface area contributed by atoms with Gasteiger partial charge in [0.15, 0.2) is 6.10 Å². The molecule has 1 aliphatic carbocycles. The van der Waals surface area contributed by atoms with E-state index in [9.17, 15) is 44.6 Å². The van der Waals surface area contributed by atoms with Gasteiger partial charge in [0.25, 0.3) is 0 Å². The molecule has 6 unspecified atom stereocenters. The Bertz CT molecular complexity index is 1150. The Morgan fingerprint density at radius 3 is 1.53 bits per heavy atom. The van der Waals surface area contributed by atoms with Crippen LogP contribution in [-0.2, 0) is 32.7 Å². The van der Waals surface area contributed by atoms with Gasteiger partial charge in [-0.3, -0.25) is 18.6 Å². The molecule has 0 heterocycles. The molecule has 1 rings (SSSR count). The SMILES string of the molecule is CC/C=C\C/C=C\C/C=C\CCCCCCCC(=O)OC(COC(=O)CCCCCCCCCCCCCCC)COP(=O)(O)OC1C(O)C(O)C(O)C(O)C1O. The quantitative estimate of drug-likeness (QED) is 0.0156. The van der Waals surface area contributed by atoms with Gasteiger partial charge < -0.3 is 39.9 Å². The molecule has 6 N–H and O–H groups in total. The predicted molar refractivity (Wildman–Crippen MR) is 221 cm³/mol. The van der Waals surface area contributed by atoms with E-state index in [1.807, 2.05) is 0 Å². The number of aliphatic hydroxyl groups is 5. The summed E-state index contributed by atoms with van der Waals surface area (Å²) in [4.78, 5) is 35.6. The molecule has 6 atom stereocenters. The van der Waals surface area contributed by atoms with Gasteiger partial charge in [0.2, 0.25) is 0 Å². The third-order valence-electron chi connectivity index (χ3n) is 10.00. The van der Waals surface area contributed by atoms with Crippen LogP contribution in [0.2, 0.25) is 0 Å². The van der Waals surface area contributed by atoms with Crippen LogP contribution < -0.4 is 0 Å². The van der Waals surface area contributed by atoms with Crippen molar-refractivity contribution >= 4 is 19.8 Å². The second kappa shape index (κ2) is 33.9. The van der Waals surface area contributed by atoms with Crippen molar-refractivity contribution in [3.63, 3.8) is 0 Å². The van der Waals surface area contributed by atoms with E-state index in [0.717, 1.165) is 70.6 Å². The van der Waals surface area contributed by atoms with Crippen molar-refractivity contribution in [2.24, 2.45) is 0 Å². The fourth-order valence-electron chi connectivity index (χ4n) is 6.48. The van der Waals surface area contributed by atoms with Crippen LogP contribution in [-0.4, -0.2) is 98.3 Å². The van der Waals surface area contributed by atoms with Crippen LogP contribution in [0.15, 0.2) is 36.5 Å². The summed E-state index contributed by atoms with van der Waals surface area (Å²) < 4.78 is 33.4. The molecule has 0 radical (unpaired) electrons. The third-order valence-corrected chi connectivity index (χ3v) is 11.0. The van der Waals surface area contributed by atoms with Gasteiger partial charge in [-0.25, -0.2) is 4.57 Å². The maximum Gasteiger partial charge on any atom is 0.472 e. The minimum atomic E-state index is -5.12. The number of allylic oxidation sites excluding steroid dienone is 6. The number of ether oxygens (including phenoxy) is 2. The maximum absolute atomic E-state index is 12.8. The highest BCUT2D eigenvalue weighted by Crippen LogP contribution is 2.47. The molecular weight excluding hydrogens is 755 g/mol. The van der Waals surface area contributed by atoms with E-state index < -0.39 is 75.7 Å². The van der Waals surface area contributed by atoms with Crippen molar-refractivity contribution in [3.8, 4) is 0 Å². The summed E-state index contributed by atoms with van der Waals surface area (Å²) in [5.41, 5.74) is 0. The second-order valence-corrected chi connectivity index (χ2v) is 16.6. The molecule has 1 saturated carbocycles. The molecular formula is C43H77O13P. The van der Waals surface area contributed by atoms with Crippen LogP contribution in [0.3, 0.4) is 0 Å². The number of unbranched alkanes of at least 4 members (excludes halogenated alkanes) is 17. The molecule has 0 bridgehead atoms. The molecule has 0 spiro atoms.